The zero-order chi connectivity index (χ0) is 18.4. The molecular formula is C21H22ClO3P. The van der Waals surface area contributed by atoms with Gasteiger partial charge in [0.1, 0.15) is 5.76 Å². The minimum Gasteiger partial charge on any atom is -0.426 e. The summed E-state index contributed by atoms with van der Waals surface area (Å²) in [7, 11) is -3.28. The normalized spacial score (nSPS) is 19.5. The molecule has 0 saturated heterocycles. The van der Waals surface area contributed by atoms with E-state index in [0.717, 1.165) is 24.0 Å². The van der Waals surface area contributed by atoms with E-state index in [2.05, 4.69) is 12.1 Å². The lowest BCUT2D eigenvalue weighted by molar-refractivity contribution is 0.252. The predicted molar refractivity (Wildman–Crippen MR) is 107 cm³/mol. The molecule has 0 radical (unpaired) electrons. The van der Waals surface area contributed by atoms with Gasteiger partial charge in [-0.15, -0.1) is 0 Å². The second-order valence-electron chi connectivity index (χ2n) is 6.09. The fraction of sp³-hybridized carbons (Fsp3) is 0.238. The van der Waals surface area contributed by atoms with Gasteiger partial charge in [0.2, 0.25) is 0 Å². The van der Waals surface area contributed by atoms with Crippen molar-refractivity contribution in [2.45, 2.75) is 26.2 Å². The highest BCUT2D eigenvalue weighted by molar-refractivity contribution is 7.57. The van der Waals surface area contributed by atoms with Crippen molar-refractivity contribution < 1.29 is 13.6 Å². The Morgan fingerprint density at radius 1 is 1.04 bits per heavy atom. The van der Waals surface area contributed by atoms with Crippen LogP contribution in [0.15, 0.2) is 72.2 Å². The Morgan fingerprint density at radius 3 is 2.46 bits per heavy atom. The Bertz CT molecular complexity index is 841. The fourth-order valence-corrected chi connectivity index (χ4v) is 4.57. The summed E-state index contributed by atoms with van der Waals surface area (Å²) in [5.74, 6) is 2.30. The van der Waals surface area contributed by atoms with Gasteiger partial charge in [0.05, 0.1) is 6.61 Å². The van der Waals surface area contributed by atoms with E-state index in [0.29, 0.717) is 23.8 Å². The first-order valence-corrected chi connectivity index (χ1v) is 10.7. The fourth-order valence-electron chi connectivity index (χ4n) is 2.87. The van der Waals surface area contributed by atoms with Crippen LogP contribution in [0.5, 0.6) is 0 Å². The van der Waals surface area contributed by atoms with Crippen molar-refractivity contribution in [3.05, 3.63) is 88.4 Å². The summed E-state index contributed by atoms with van der Waals surface area (Å²) >= 11 is 5.97. The predicted octanol–water partition coefficient (Wildman–Crippen LogP) is 6.85. The molecule has 0 bridgehead atoms. The van der Waals surface area contributed by atoms with Crippen LogP contribution in [0.25, 0.3) is 5.57 Å². The summed E-state index contributed by atoms with van der Waals surface area (Å²) in [6.07, 6.45) is 4.51. The number of allylic oxidation sites excluding steroid dienone is 3. The molecule has 0 amide bonds. The Hall–Kier alpha value is -1.80. The van der Waals surface area contributed by atoms with E-state index in [1.807, 2.05) is 55.5 Å². The lowest BCUT2D eigenvalue weighted by Gasteiger charge is -2.23. The van der Waals surface area contributed by atoms with Gasteiger partial charge in [-0.2, -0.15) is 0 Å². The van der Waals surface area contributed by atoms with Gasteiger partial charge >= 0.3 is 7.60 Å². The first-order chi connectivity index (χ1) is 12.6. The maximum atomic E-state index is 12.9. The molecule has 0 spiro atoms. The minimum absolute atomic E-state index is 0.332. The molecule has 2 aromatic rings. The maximum Gasteiger partial charge on any atom is 0.403 e. The van der Waals surface area contributed by atoms with Crippen LogP contribution in [-0.4, -0.2) is 6.61 Å². The topological polar surface area (TPSA) is 35.5 Å². The van der Waals surface area contributed by atoms with Gasteiger partial charge in [0.15, 0.2) is 0 Å². The van der Waals surface area contributed by atoms with Gasteiger partial charge in [0.25, 0.3) is 0 Å². The molecular weight excluding hydrogens is 367 g/mol. The quantitative estimate of drug-likeness (QED) is 0.486. The summed E-state index contributed by atoms with van der Waals surface area (Å²) in [5.41, 5.74) is 3.07. The highest BCUT2D eigenvalue weighted by Gasteiger charge is 2.28. The maximum absolute atomic E-state index is 12.9. The number of rotatable bonds is 7. The smallest absolute Gasteiger partial charge is 0.403 e. The van der Waals surface area contributed by atoms with Crippen LogP contribution < -0.4 is 0 Å². The Balaban J connectivity index is 1.76. The molecule has 3 nitrogen and oxygen atoms in total. The largest absolute Gasteiger partial charge is 0.426 e. The third-order valence-corrected chi connectivity index (χ3v) is 6.03. The molecule has 1 atom stereocenters. The third-order valence-electron chi connectivity index (χ3n) is 4.08. The number of hydrogen-bond donors (Lipinski definition) is 0. The molecule has 1 unspecified atom stereocenters. The average molecular weight is 389 g/mol. The molecule has 0 N–H and O–H groups in total. The monoisotopic (exact) mass is 388 g/mol. The molecule has 3 rings (SSSR count). The molecule has 0 fully saturated rings. The van der Waals surface area contributed by atoms with Gasteiger partial charge in [-0.05, 0) is 54.7 Å². The van der Waals surface area contributed by atoms with Crippen LogP contribution in [0.4, 0.5) is 0 Å². The van der Waals surface area contributed by atoms with Crippen molar-refractivity contribution in [2.75, 3.05) is 6.61 Å². The number of hydrogen-bond acceptors (Lipinski definition) is 3. The van der Waals surface area contributed by atoms with E-state index in [1.54, 1.807) is 5.82 Å². The van der Waals surface area contributed by atoms with Crippen LogP contribution in [-0.2, 0) is 20.0 Å². The van der Waals surface area contributed by atoms with Gasteiger partial charge in [-0.25, -0.2) is 4.57 Å². The van der Waals surface area contributed by atoms with Crippen LogP contribution in [0.2, 0.25) is 5.02 Å². The van der Waals surface area contributed by atoms with Crippen LogP contribution >= 0.6 is 19.2 Å². The van der Waals surface area contributed by atoms with Gasteiger partial charge in [0, 0.05) is 17.3 Å². The summed E-state index contributed by atoms with van der Waals surface area (Å²) in [4.78, 5) is 0. The zero-order valence-corrected chi connectivity index (χ0v) is 16.4. The van der Waals surface area contributed by atoms with Crippen molar-refractivity contribution in [3.63, 3.8) is 0 Å². The van der Waals surface area contributed by atoms with Crippen LogP contribution in [0.3, 0.4) is 0 Å². The first-order valence-electron chi connectivity index (χ1n) is 8.75. The highest BCUT2D eigenvalue weighted by Crippen LogP contribution is 2.56. The molecule has 1 heterocycles. The van der Waals surface area contributed by atoms with Crippen molar-refractivity contribution in [1.82, 2.24) is 0 Å². The van der Waals surface area contributed by atoms with E-state index in [-0.39, 0.29) is 0 Å². The Labute approximate surface area is 159 Å². The minimum atomic E-state index is -3.28. The summed E-state index contributed by atoms with van der Waals surface area (Å²) in [6, 6.07) is 17.8. The second kappa shape index (κ2) is 8.73. The van der Waals surface area contributed by atoms with Crippen molar-refractivity contribution in [1.29, 1.82) is 0 Å². The second-order valence-corrected chi connectivity index (χ2v) is 8.31. The first kappa shape index (κ1) is 19.0. The highest BCUT2D eigenvalue weighted by atomic mass is 35.5. The van der Waals surface area contributed by atoms with Gasteiger partial charge < -0.3 is 4.52 Å². The number of aryl methyl sites for hydroxylation is 1. The summed E-state index contributed by atoms with van der Waals surface area (Å²) < 4.78 is 24.1. The molecule has 0 aliphatic carbocycles. The molecule has 2 aromatic carbocycles. The van der Waals surface area contributed by atoms with Crippen molar-refractivity contribution in [3.8, 4) is 0 Å². The summed E-state index contributed by atoms with van der Waals surface area (Å²) in [6.45, 7) is 2.14. The van der Waals surface area contributed by atoms with Crippen molar-refractivity contribution >= 4 is 24.8 Å². The Kier molecular flexibility index (Phi) is 6.37. The van der Waals surface area contributed by atoms with E-state index in [4.69, 9.17) is 20.6 Å². The standard InChI is InChI=1S/C21H22ClO3P/c1-2-24-26(23)16-19(18-11-13-20(22)14-12-18)15-21(25-26)10-6-9-17-7-4-3-5-8-17/h3-5,7-8,11-16H,2,6,9-10H2,1H3. The lowest BCUT2D eigenvalue weighted by atomic mass is 10.0. The SMILES string of the molecule is CCOP1(=O)C=C(c2ccc(Cl)cc2)C=C(CCCc2ccccc2)O1. The molecule has 26 heavy (non-hydrogen) atoms. The van der Waals surface area contributed by atoms with Gasteiger partial charge in [-0.1, -0.05) is 54.1 Å². The number of benzene rings is 2. The average Bonchev–Trinajstić information content (AvgIpc) is 2.63. The lowest BCUT2D eigenvalue weighted by Crippen LogP contribution is -2.01. The zero-order valence-electron chi connectivity index (χ0n) is 14.7. The summed E-state index contributed by atoms with van der Waals surface area (Å²) in [5, 5.41) is 0.668. The molecule has 0 aromatic heterocycles. The number of halogens is 1. The molecule has 1 aliphatic heterocycles. The van der Waals surface area contributed by atoms with Crippen LogP contribution in [0.1, 0.15) is 30.9 Å². The van der Waals surface area contributed by atoms with Crippen molar-refractivity contribution in [2.24, 2.45) is 0 Å². The molecule has 5 heteroatoms. The third kappa shape index (κ3) is 5.11. The van der Waals surface area contributed by atoms with Gasteiger partial charge in [-0.3, -0.25) is 4.52 Å². The van der Waals surface area contributed by atoms with E-state index in [1.165, 1.54) is 5.56 Å². The van der Waals surface area contributed by atoms with Crippen LogP contribution in [0, 0.1) is 0 Å². The van der Waals surface area contributed by atoms with E-state index < -0.39 is 7.60 Å². The van der Waals surface area contributed by atoms with E-state index >= 15 is 0 Å². The van der Waals surface area contributed by atoms with E-state index in [9.17, 15) is 4.57 Å². The molecule has 136 valence electrons. The molecule has 1 aliphatic rings. The Morgan fingerprint density at radius 2 is 1.77 bits per heavy atom. The molecule has 0 saturated carbocycles.